The monoisotopic (exact) mass is 395 g/mol. The van der Waals surface area contributed by atoms with Crippen molar-refractivity contribution in [3.63, 3.8) is 0 Å². The smallest absolute Gasteiger partial charge is 0.241 e. The van der Waals surface area contributed by atoms with Gasteiger partial charge in [-0.3, -0.25) is 10.2 Å². The van der Waals surface area contributed by atoms with Crippen molar-refractivity contribution >= 4 is 46.4 Å². The zero-order valence-electron chi connectivity index (χ0n) is 13.3. The fourth-order valence-electron chi connectivity index (χ4n) is 2.05. The topological polar surface area (TPSA) is 37.0 Å². The van der Waals surface area contributed by atoms with Gasteiger partial charge in [0.2, 0.25) is 12.4 Å². The van der Waals surface area contributed by atoms with Crippen LogP contribution in [-0.4, -0.2) is 10.2 Å². The van der Waals surface area contributed by atoms with Gasteiger partial charge in [-0.15, -0.1) is 0 Å². The Labute approximate surface area is 156 Å². The highest BCUT2D eigenvalue weighted by molar-refractivity contribution is 6.36. The summed E-state index contributed by atoms with van der Waals surface area (Å²) in [5.74, 6) is 0.601. The molecule has 0 aromatic carbocycles. The molecule has 126 valence electrons. The maximum Gasteiger partial charge on any atom is 0.241 e. The third kappa shape index (κ3) is 5.68. The Morgan fingerprint density at radius 2 is 1.13 bits per heavy atom. The Morgan fingerprint density at radius 1 is 0.783 bits per heavy atom. The average Bonchev–Trinajstić information content (AvgIpc) is 2.36. The third-order valence-corrected chi connectivity index (χ3v) is 4.26. The van der Waals surface area contributed by atoms with Crippen LogP contribution in [0.1, 0.15) is 50.7 Å². The van der Waals surface area contributed by atoms with Gasteiger partial charge in [-0.1, -0.05) is 74.1 Å². The van der Waals surface area contributed by atoms with E-state index in [0.29, 0.717) is 26.0 Å². The van der Waals surface area contributed by atoms with Crippen molar-refractivity contribution in [2.24, 2.45) is 0 Å². The molecule has 0 radical (unpaired) electrons. The molecule has 7 heteroatoms. The molecule has 0 saturated heterocycles. The molecule has 0 aliphatic heterocycles. The second kappa shape index (κ2) is 8.93. The van der Waals surface area contributed by atoms with Gasteiger partial charge < -0.3 is 0 Å². The molecule has 0 saturated carbocycles. The van der Waals surface area contributed by atoms with Crippen molar-refractivity contribution in [2.45, 2.75) is 39.5 Å². The number of rotatable bonds is 2. The molecule has 0 unspecified atom stereocenters. The molecule has 23 heavy (non-hydrogen) atoms. The Bertz CT molecular complexity index is 632. The summed E-state index contributed by atoms with van der Waals surface area (Å²) in [7, 11) is 0. The number of halogens is 4. The average molecular weight is 397 g/mol. The minimum Gasteiger partial charge on any atom is -0.285 e. The van der Waals surface area contributed by atoms with Crippen LogP contribution in [0, 0.1) is 0 Å². The van der Waals surface area contributed by atoms with Crippen molar-refractivity contribution in [1.29, 1.82) is 0 Å². The molecule has 2 aromatic heterocycles. The van der Waals surface area contributed by atoms with Gasteiger partial charge >= 0.3 is 0 Å². The molecule has 0 amide bonds. The maximum absolute atomic E-state index is 9.05. The number of hydrogen-bond acceptors (Lipinski definition) is 2. The van der Waals surface area contributed by atoms with Gasteiger partial charge in [-0.05, 0) is 17.4 Å². The lowest BCUT2D eigenvalue weighted by molar-refractivity contribution is -0.904. The molecule has 2 heterocycles. The van der Waals surface area contributed by atoms with Crippen LogP contribution in [0.5, 0.6) is 0 Å². The fourth-order valence-corrected chi connectivity index (χ4v) is 3.74. The van der Waals surface area contributed by atoms with Gasteiger partial charge in [0.15, 0.2) is 0 Å². The van der Waals surface area contributed by atoms with E-state index < -0.39 is 0 Å². The molecular weight excluding hydrogens is 378 g/mol. The van der Waals surface area contributed by atoms with Crippen molar-refractivity contribution in [3.8, 4) is 0 Å². The second-order valence-corrected chi connectivity index (χ2v) is 7.20. The minimum atomic E-state index is 0.256. The van der Waals surface area contributed by atoms with E-state index in [2.05, 4.69) is 4.98 Å². The Balaban J connectivity index is 0.000000231. The standard InChI is InChI=1S/C8H10Cl2NO.C8H9Cl2N/c1-5(2)8-6(9)3-11(12)4-7(8)10;1-5(2)8-6(9)3-11-4-7(8)10/h3-5,12H,1-2H3;3-5H,1-2H3/q+1;. The van der Waals surface area contributed by atoms with E-state index in [1.165, 1.54) is 12.4 Å². The number of aromatic nitrogens is 2. The van der Waals surface area contributed by atoms with E-state index in [-0.39, 0.29) is 5.92 Å². The van der Waals surface area contributed by atoms with E-state index in [1.807, 2.05) is 27.7 Å². The second-order valence-electron chi connectivity index (χ2n) is 5.57. The van der Waals surface area contributed by atoms with E-state index in [1.54, 1.807) is 12.4 Å². The van der Waals surface area contributed by atoms with Crippen molar-refractivity contribution in [1.82, 2.24) is 4.98 Å². The van der Waals surface area contributed by atoms with Crippen LogP contribution < -0.4 is 4.73 Å². The molecule has 0 bridgehead atoms. The van der Waals surface area contributed by atoms with Gasteiger partial charge in [0.05, 0.1) is 10.0 Å². The van der Waals surface area contributed by atoms with E-state index in [4.69, 9.17) is 51.6 Å². The summed E-state index contributed by atoms with van der Waals surface area (Å²) in [6.45, 7) is 8.09. The largest absolute Gasteiger partial charge is 0.285 e. The highest BCUT2D eigenvalue weighted by Gasteiger charge is 2.15. The summed E-state index contributed by atoms with van der Waals surface area (Å²) in [6, 6.07) is 0. The third-order valence-electron chi connectivity index (χ3n) is 3.05. The van der Waals surface area contributed by atoms with Gasteiger partial charge in [0.1, 0.15) is 10.0 Å². The molecule has 0 spiro atoms. The number of hydrogen-bond donors (Lipinski definition) is 1. The molecule has 0 aliphatic rings. The number of pyridine rings is 2. The normalized spacial score (nSPS) is 10.7. The maximum atomic E-state index is 9.05. The Kier molecular flexibility index (Phi) is 7.88. The first-order chi connectivity index (χ1) is 10.6. The van der Waals surface area contributed by atoms with E-state index >= 15 is 0 Å². The lowest BCUT2D eigenvalue weighted by atomic mass is 10.1. The zero-order chi connectivity index (χ0) is 17.7. The van der Waals surface area contributed by atoms with Crippen LogP contribution in [0.15, 0.2) is 24.8 Å². The predicted octanol–water partition coefficient (Wildman–Crippen LogP) is 6.15. The Morgan fingerprint density at radius 3 is 1.43 bits per heavy atom. The molecular formula is C16H19Cl4N2O+. The van der Waals surface area contributed by atoms with Crippen molar-refractivity contribution in [3.05, 3.63) is 56.0 Å². The lowest BCUT2D eigenvalue weighted by Gasteiger charge is -2.08. The van der Waals surface area contributed by atoms with Crippen LogP contribution >= 0.6 is 46.4 Å². The van der Waals surface area contributed by atoms with Gasteiger partial charge in [0, 0.05) is 22.7 Å². The fraction of sp³-hybridized carbons (Fsp3) is 0.375. The predicted molar refractivity (Wildman–Crippen MR) is 96.3 cm³/mol. The SMILES string of the molecule is CC(C)c1c(Cl)c[n+](O)cc1Cl.CC(C)c1c(Cl)cncc1Cl. The highest BCUT2D eigenvalue weighted by atomic mass is 35.5. The van der Waals surface area contributed by atoms with E-state index in [0.717, 1.165) is 15.9 Å². The first kappa shape index (κ1) is 20.3. The molecule has 0 atom stereocenters. The van der Waals surface area contributed by atoms with Crippen LogP contribution in [0.3, 0.4) is 0 Å². The molecule has 3 nitrogen and oxygen atoms in total. The van der Waals surface area contributed by atoms with Crippen LogP contribution in [0.2, 0.25) is 20.1 Å². The Hall–Kier alpha value is -0.740. The molecule has 0 fully saturated rings. The quantitative estimate of drug-likeness (QED) is 0.487. The van der Waals surface area contributed by atoms with Gasteiger partial charge in [-0.2, -0.15) is 0 Å². The summed E-state index contributed by atoms with van der Waals surface area (Å²) in [6.07, 6.45) is 6.07. The molecule has 2 rings (SSSR count). The van der Waals surface area contributed by atoms with E-state index in [9.17, 15) is 0 Å². The minimum absolute atomic E-state index is 0.256. The van der Waals surface area contributed by atoms with Gasteiger partial charge in [0.25, 0.3) is 0 Å². The summed E-state index contributed by atoms with van der Waals surface area (Å²) in [5.41, 5.74) is 1.84. The first-order valence-corrected chi connectivity index (χ1v) is 8.54. The molecule has 1 N–H and O–H groups in total. The summed E-state index contributed by atoms with van der Waals surface area (Å²) >= 11 is 23.5. The summed E-state index contributed by atoms with van der Waals surface area (Å²) < 4.78 is 0.858. The zero-order valence-corrected chi connectivity index (χ0v) is 16.3. The lowest BCUT2D eigenvalue weighted by Crippen LogP contribution is -2.29. The van der Waals surface area contributed by atoms with Crippen molar-refractivity contribution in [2.75, 3.05) is 0 Å². The van der Waals surface area contributed by atoms with Crippen LogP contribution in [-0.2, 0) is 0 Å². The highest BCUT2D eigenvalue weighted by Crippen LogP contribution is 2.30. The summed E-state index contributed by atoms with van der Waals surface area (Å²) in [4.78, 5) is 3.86. The number of nitrogens with zero attached hydrogens (tertiary/aromatic N) is 2. The van der Waals surface area contributed by atoms with Crippen LogP contribution in [0.4, 0.5) is 0 Å². The first-order valence-electron chi connectivity index (χ1n) is 7.03. The molecule has 0 aliphatic carbocycles. The summed E-state index contributed by atoms with van der Waals surface area (Å²) in [5, 5.41) is 11.3. The van der Waals surface area contributed by atoms with Gasteiger partial charge in [-0.25, -0.2) is 0 Å². The van der Waals surface area contributed by atoms with Crippen molar-refractivity contribution < 1.29 is 9.94 Å². The molecule has 2 aromatic rings. The van der Waals surface area contributed by atoms with Crippen LogP contribution in [0.25, 0.3) is 0 Å².